The van der Waals surface area contributed by atoms with E-state index in [0.717, 1.165) is 10.6 Å². The van der Waals surface area contributed by atoms with Crippen LogP contribution in [0, 0.1) is 0 Å². The maximum atomic E-state index is 11.1. The van der Waals surface area contributed by atoms with E-state index in [1.54, 1.807) is 11.8 Å². The van der Waals surface area contributed by atoms with E-state index in [1.807, 2.05) is 37.4 Å². The lowest BCUT2D eigenvalue weighted by molar-refractivity contribution is -0.143. The highest BCUT2D eigenvalue weighted by atomic mass is 32.2. The Kier molecular flexibility index (Phi) is 6.55. The van der Waals surface area contributed by atoms with Crippen molar-refractivity contribution in [1.29, 1.82) is 0 Å². The quantitative estimate of drug-likeness (QED) is 0.425. The molecule has 0 aliphatic carbocycles. The maximum Gasteiger partial charge on any atom is 0.305 e. The monoisotopic (exact) mass is 254 g/mol. The van der Waals surface area contributed by atoms with Crippen molar-refractivity contribution in [1.82, 2.24) is 0 Å². The second kappa shape index (κ2) is 8.01. The first-order valence-electron chi connectivity index (χ1n) is 5.69. The van der Waals surface area contributed by atoms with Gasteiger partial charge in [-0.2, -0.15) is 0 Å². The van der Waals surface area contributed by atoms with Gasteiger partial charge in [-0.3, -0.25) is 4.79 Å². The lowest BCUT2D eigenvalue weighted by Crippen LogP contribution is -2.06. The van der Waals surface area contributed by atoms with Crippen molar-refractivity contribution in [3.8, 4) is 5.75 Å². The molecule has 1 aromatic carbocycles. The number of ether oxygens (including phenoxy) is 2. The Balaban J connectivity index is 2.28. The van der Waals surface area contributed by atoms with E-state index in [2.05, 4.69) is 0 Å². The number of hydrogen-bond donors (Lipinski definition) is 0. The smallest absolute Gasteiger partial charge is 0.305 e. The van der Waals surface area contributed by atoms with Gasteiger partial charge in [0.15, 0.2) is 0 Å². The molecule has 1 rings (SSSR count). The minimum atomic E-state index is -0.158. The van der Waals surface area contributed by atoms with Gasteiger partial charge in [0, 0.05) is 11.3 Å². The number of rotatable bonds is 7. The van der Waals surface area contributed by atoms with Crippen LogP contribution in [0.2, 0.25) is 0 Å². The van der Waals surface area contributed by atoms with E-state index in [4.69, 9.17) is 9.47 Å². The summed E-state index contributed by atoms with van der Waals surface area (Å²) in [7, 11) is 0. The average molecular weight is 254 g/mol. The molecule has 0 atom stereocenters. The first-order chi connectivity index (χ1) is 8.27. The van der Waals surface area contributed by atoms with Gasteiger partial charge in [-0.05, 0) is 31.7 Å². The Morgan fingerprint density at radius 1 is 1.35 bits per heavy atom. The molecule has 0 aromatic heterocycles. The van der Waals surface area contributed by atoms with Crippen LogP contribution in [-0.4, -0.2) is 25.4 Å². The highest BCUT2D eigenvalue weighted by Gasteiger charge is 2.03. The van der Waals surface area contributed by atoms with Crippen LogP contribution in [0.4, 0.5) is 0 Å². The van der Waals surface area contributed by atoms with Gasteiger partial charge >= 0.3 is 5.97 Å². The molecule has 3 nitrogen and oxygen atoms in total. The van der Waals surface area contributed by atoms with Gasteiger partial charge in [-0.25, -0.2) is 0 Å². The number of benzene rings is 1. The molecule has 0 aliphatic rings. The van der Waals surface area contributed by atoms with E-state index in [0.29, 0.717) is 26.1 Å². The second-order valence-corrected chi connectivity index (χ2v) is 4.26. The average Bonchev–Trinajstić information content (AvgIpc) is 2.35. The molecule has 94 valence electrons. The molecule has 0 aliphatic heterocycles. The van der Waals surface area contributed by atoms with Crippen LogP contribution in [0.15, 0.2) is 29.2 Å². The number of thioether (sulfide) groups is 1. The summed E-state index contributed by atoms with van der Waals surface area (Å²) in [6, 6.07) is 7.89. The minimum Gasteiger partial charge on any atom is -0.492 e. The molecule has 0 radical (unpaired) electrons. The van der Waals surface area contributed by atoms with Gasteiger partial charge in [0.2, 0.25) is 0 Å². The summed E-state index contributed by atoms with van der Waals surface area (Å²) < 4.78 is 10.5. The molecule has 1 aromatic rings. The van der Waals surface area contributed by atoms with Crippen molar-refractivity contribution < 1.29 is 14.3 Å². The highest BCUT2D eigenvalue weighted by molar-refractivity contribution is 7.98. The number of carbonyl (C=O) groups excluding carboxylic acids is 1. The van der Waals surface area contributed by atoms with Crippen LogP contribution in [0.25, 0.3) is 0 Å². The van der Waals surface area contributed by atoms with Crippen molar-refractivity contribution in [2.45, 2.75) is 24.7 Å². The molecule has 0 amide bonds. The summed E-state index contributed by atoms with van der Waals surface area (Å²) in [5.41, 5.74) is 0. The van der Waals surface area contributed by atoms with E-state index in [-0.39, 0.29) is 5.97 Å². The van der Waals surface area contributed by atoms with Gasteiger partial charge in [0.05, 0.1) is 13.2 Å². The van der Waals surface area contributed by atoms with Crippen molar-refractivity contribution in [2.75, 3.05) is 19.5 Å². The van der Waals surface area contributed by atoms with Gasteiger partial charge in [-0.1, -0.05) is 12.1 Å². The molecule has 0 bridgehead atoms. The predicted molar refractivity (Wildman–Crippen MR) is 69.6 cm³/mol. The third kappa shape index (κ3) is 5.13. The van der Waals surface area contributed by atoms with E-state index in [1.165, 1.54) is 0 Å². The fourth-order valence-electron chi connectivity index (χ4n) is 1.37. The van der Waals surface area contributed by atoms with E-state index < -0.39 is 0 Å². The Hall–Kier alpha value is -1.16. The van der Waals surface area contributed by atoms with Crippen molar-refractivity contribution in [2.24, 2.45) is 0 Å². The summed E-state index contributed by atoms with van der Waals surface area (Å²) in [5, 5.41) is 0. The lowest BCUT2D eigenvalue weighted by Gasteiger charge is -2.09. The molecule has 17 heavy (non-hydrogen) atoms. The fraction of sp³-hybridized carbons (Fsp3) is 0.462. The van der Waals surface area contributed by atoms with Crippen LogP contribution in [0.5, 0.6) is 5.75 Å². The number of hydrogen-bond acceptors (Lipinski definition) is 4. The first kappa shape index (κ1) is 13.9. The molecule has 4 heteroatoms. The normalized spacial score (nSPS) is 10.0. The van der Waals surface area contributed by atoms with E-state index >= 15 is 0 Å². The summed E-state index contributed by atoms with van der Waals surface area (Å²) in [5.74, 6) is 0.720. The summed E-state index contributed by atoms with van der Waals surface area (Å²) in [6.45, 7) is 2.79. The second-order valence-electron chi connectivity index (χ2n) is 3.41. The van der Waals surface area contributed by atoms with Crippen LogP contribution >= 0.6 is 11.8 Å². The van der Waals surface area contributed by atoms with Crippen LogP contribution in [0.1, 0.15) is 19.8 Å². The lowest BCUT2D eigenvalue weighted by atomic mass is 10.3. The molecule has 0 N–H and O–H groups in total. The SMILES string of the molecule is CCOC(=O)CCCOc1ccccc1SC. The molecule has 0 saturated heterocycles. The van der Waals surface area contributed by atoms with Crippen LogP contribution < -0.4 is 4.74 Å². The molecular formula is C13H18O3S. The number of esters is 1. The zero-order chi connectivity index (χ0) is 12.5. The summed E-state index contributed by atoms with van der Waals surface area (Å²) >= 11 is 1.65. The third-order valence-electron chi connectivity index (χ3n) is 2.16. The zero-order valence-electron chi connectivity index (χ0n) is 10.3. The largest absolute Gasteiger partial charge is 0.492 e. The molecule has 0 saturated carbocycles. The van der Waals surface area contributed by atoms with Crippen LogP contribution in [0.3, 0.4) is 0 Å². The van der Waals surface area contributed by atoms with Crippen molar-refractivity contribution in [3.05, 3.63) is 24.3 Å². The molecule has 0 unspecified atom stereocenters. The third-order valence-corrected chi connectivity index (χ3v) is 2.93. The zero-order valence-corrected chi connectivity index (χ0v) is 11.1. The highest BCUT2D eigenvalue weighted by Crippen LogP contribution is 2.26. The molecular weight excluding hydrogens is 236 g/mol. The number of carbonyl (C=O) groups is 1. The first-order valence-corrected chi connectivity index (χ1v) is 6.91. The Labute approximate surface area is 106 Å². The summed E-state index contributed by atoms with van der Waals surface area (Å²) in [4.78, 5) is 12.2. The van der Waals surface area contributed by atoms with Crippen molar-refractivity contribution in [3.63, 3.8) is 0 Å². The maximum absolute atomic E-state index is 11.1. The number of para-hydroxylation sites is 1. The Bertz CT molecular complexity index is 352. The Morgan fingerprint density at radius 2 is 2.12 bits per heavy atom. The molecule has 0 heterocycles. The van der Waals surface area contributed by atoms with Gasteiger partial charge < -0.3 is 9.47 Å². The van der Waals surface area contributed by atoms with Crippen LogP contribution in [-0.2, 0) is 9.53 Å². The van der Waals surface area contributed by atoms with Gasteiger partial charge in [0.25, 0.3) is 0 Å². The van der Waals surface area contributed by atoms with Crippen molar-refractivity contribution >= 4 is 17.7 Å². The van der Waals surface area contributed by atoms with E-state index in [9.17, 15) is 4.79 Å². The fourth-order valence-corrected chi connectivity index (χ4v) is 1.91. The standard InChI is InChI=1S/C13H18O3S/c1-3-15-13(14)9-6-10-16-11-7-4-5-8-12(11)17-2/h4-5,7-8H,3,6,9-10H2,1-2H3. The predicted octanol–water partition coefficient (Wildman–Crippen LogP) is 3.13. The van der Waals surface area contributed by atoms with Gasteiger partial charge in [0.1, 0.15) is 5.75 Å². The molecule has 0 fully saturated rings. The minimum absolute atomic E-state index is 0.158. The molecule has 0 spiro atoms. The summed E-state index contributed by atoms with van der Waals surface area (Å²) in [6.07, 6.45) is 3.11. The van der Waals surface area contributed by atoms with Gasteiger partial charge in [-0.15, -0.1) is 11.8 Å². The topological polar surface area (TPSA) is 35.5 Å². The Morgan fingerprint density at radius 3 is 2.82 bits per heavy atom.